The molecule has 0 radical (unpaired) electrons. The number of benzene rings is 1. The lowest BCUT2D eigenvalue weighted by atomic mass is 9.96. The molecule has 0 heterocycles. The van der Waals surface area contributed by atoms with E-state index in [1.54, 1.807) is 0 Å². The van der Waals surface area contributed by atoms with Crippen LogP contribution in [0.4, 0.5) is 0 Å². The summed E-state index contributed by atoms with van der Waals surface area (Å²) >= 11 is 0. The summed E-state index contributed by atoms with van der Waals surface area (Å²) in [5.74, 6) is 0. The van der Waals surface area contributed by atoms with Gasteiger partial charge in [-0.1, -0.05) is 44.2 Å². The van der Waals surface area contributed by atoms with Gasteiger partial charge in [0.2, 0.25) is 0 Å². The maximum atomic E-state index is 10.2. The Kier molecular flexibility index (Phi) is 5.88. The third kappa shape index (κ3) is 4.65. The summed E-state index contributed by atoms with van der Waals surface area (Å²) in [4.78, 5) is 0. The molecular formula is C12H20ClNO. The zero-order chi connectivity index (χ0) is 10.6. The predicted molar refractivity (Wildman–Crippen MR) is 66.4 cm³/mol. The number of nitrogens with one attached hydrogen (secondary N) is 1. The first-order chi connectivity index (χ1) is 6.52. The highest BCUT2D eigenvalue weighted by Gasteiger charge is 2.22. The van der Waals surface area contributed by atoms with Gasteiger partial charge in [-0.3, -0.25) is 0 Å². The molecule has 1 atom stereocenters. The van der Waals surface area contributed by atoms with Crippen LogP contribution in [0.5, 0.6) is 0 Å². The average molecular weight is 230 g/mol. The van der Waals surface area contributed by atoms with Crippen molar-refractivity contribution in [1.29, 1.82) is 0 Å². The van der Waals surface area contributed by atoms with Crippen molar-refractivity contribution < 1.29 is 5.11 Å². The van der Waals surface area contributed by atoms with Gasteiger partial charge in [0.05, 0.1) is 5.60 Å². The smallest absolute Gasteiger partial charge is 0.0992 e. The largest absolute Gasteiger partial charge is 0.384 e. The van der Waals surface area contributed by atoms with Crippen LogP contribution < -0.4 is 5.32 Å². The maximum absolute atomic E-state index is 10.2. The Hall–Kier alpha value is -0.570. The minimum Gasteiger partial charge on any atom is -0.384 e. The minimum atomic E-state index is -0.786. The Morgan fingerprint density at radius 1 is 1.27 bits per heavy atom. The molecule has 3 heteroatoms. The molecule has 2 N–H and O–H groups in total. The summed E-state index contributed by atoms with van der Waals surface area (Å²) in [5, 5.41) is 13.4. The first-order valence-corrected chi connectivity index (χ1v) is 5.03. The Bertz CT molecular complexity index is 272. The van der Waals surface area contributed by atoms with Crippen molar-refractivity contribution in [2.24, 2.45) is 0 Å². The molecule has 0 spiro atoms. The fourth-order valence-electron chi connectivity index (χ4n) is 1.30. The van der Waals surface area contributed by atoms with E-state index in [-0.39, 0.29) is 12.4 Å². The Labute approximate surface area is 98.1 Å². The highest BCUT2D eigenvalue weighted by atomic mass is 35.5. The molecule has 15 heavy (non-hydrogen) atoms. The summed E-state index contributed by atoms with van der Waals surface area (Å²) in [7, 11) is 0. The van der Waals surface area contributed by atoms with Gasteiger partial charge in [0, 0.05) is 12.6 Å². The molecule has 0 aliphatic rings. The summed E-state index contributed by atoms with van der Waals surface area (Å²) in [6, 6.07) is 10.1. The topological polar surface area (TPSA) is 32.3 Å². The van der Waals surface area contributed by atoms with E-state index in [0.29, 0.717) is 12.6 Å². The molecule has 1 aromatic rings. The molecule has 0 amide bonds. The van der Waals surface area contributed by atoms with Crippen molar-refractivity contribution in [3.63, 3.8) is 0 Å². The van der Waals surface area contributed by atoms with Crippen LogP contribution in [0.3, 0.4) is 0 Å². The Morgan fingerprint density at radius 3 is 2.27 bits per heavy atom. The Balaban J connectivity index is 0.00000196. The van der Waals surface area contributed by atoms with E-state index < -0.39 is 5.60 Å². The lowest BCUT2D eigenvalue weighted by Gasteiger charge is -2.25. The number of hydrogen-bond donors (Lipinski definition) is 2. The van der Waals surface area contributed by atoms with E-state index in [0.717, 1.165) is 5.56 Å². The number of halogens is 1. The second kappa shape index (κ2) is 6.11. The third-order valence-electron chi connectivity index (χ3n) is 2.25. The van der Waals surface area contributed by atoms with Gasteiger partial charge in [-0.15, -0.1) is 12.4 Å². The molecule has 0 unspecified atom stereocenters. The lowest BCUT2D eigenvalue weighted by molar-refractivity contribution is 0.0549. The van der Waals surface area contributed by atoms with Crippen molar-refractivity contribution in [2.75, 3.05) is 6.54 Å². The van der Waals surface area contributed by atoms with Crippen LogP contribution in [0.2, 0.25) is 0 Å². The molecule has 2 nitrogen and oxygen atoms in total. The van der Waals surface area contributed by atoms with Crippen LogP contribution in [0.1, 0.15) is 26.3 Å². The molecule has 86 valence electrons. The molecule has 0 bridgehead atoms. The van der Waals surface area contributed by atoms with Gasteiger partial charge in [-0.2, -0.15) is 0 Å². The van der Waals surface area contributed by atoms with E-state index in [4.69, 9.17) is 0 Å². The molecule has 1 rings (SSSR count). The molecular weight excluding hydrogens is 210 g/mol. The van der Waals surface area contributed by atoms with Crippen molar-refractivity contribution in [3.05, 3.63) is 35.9 Å². The number of rotatable bonds is 4. The maximum Gasteiger partial charge on any atom is 0.0992 e. The van der Waals surface area contributed by atoms with Gasteiger partial charge in [-0.05, 0) is 12.5 Å². The standard InChI is InChI=1S/C12H19NO.ClH/c1-10(2)13-9-12(3,14)11-7-5-4-6-8-11;/h4-8,10,13-14H,9H2,1-3H3;1H/t12-;/m1./s1. The van der Waals surface area contributed by atoms with Gasteiger partial charge in [-0.25, -0.2) is 0 Å². The van der Waals surface area contributed by atoms with E-state index in [9.17, 15) is 5.11 Å². The molecule has 0 aromatic heterocycles. The van der Waals surface area contributed by atoms with Crippen LogP contribution in [-0.2, 0) is 5.60 Å². The van der Waals surface area contributed by atoms with Crippen molar-refractivity contribution >= 4 is 12.4 Å². The quantitative estimate of drug-likeness (QED) is 0.831. The first-order valence-electron chi connectivity index (χ1n) is 5.03. The van der Waals surface area contributed by atoms with E-state index in [1.807, 2.05) is 37.3 Å². The lowest BCUT2D eigenvalue weighted by Crippen LogP contribution is -2.38. The van der Waals surface area contributed by atoms with Gasteiger partial charge in [0.1, 0.15) is 0 Å². The van der Waals surface area contributed by atoms with Crippen molar-refractivity contribution in [3.8, 4) is 0 Å². The van der Waals surface area contributed by atoms with E-state index in [1.165, 1.54) is 0 Å². The van der Waals surface area contributed by atoms with Gasteiger partial charge in [0.25, 0.3) is 0 Å². The molecule has 0 saturated heterocycles. The molecule has 0 fully saturated rings. The van der Waals surface area contributed by atoms with Gasteiger partial charge in [0.15, 0.2) is 0 Å². The first kappa shape index (κ1) is 14.4. The van der Waals surface area contributed by atoms with Crippen molar-refractivity contribution in [2.45, 2.75) is 32.4 Å². The summed E-state index contributed by atoms with van der Waals surface area (Å²) in [6.45, 7) is 6.55. The van der Waals surface area contributed by atoms with Crippen LogP contribution in [0.25, 0.3) is 0 Å². The fraction of sp³-hybridized carbons (Fsp3) is 0.500. The fourth-order valence-corrected chi connectivity index (χ4v) is 1.30. The monoisotopic (exact) mass is 229 g/mol. The van der Waals surface area contributed by atoms with Gasteiger partial charge < -0.3 is 10.4 Å². The number of hydrogen-bond acceptors (Lipinski definition) is 2. The predicted octanol–water partition coefficient (Wildman–Crippen LogP) is 2.31. The normalized spacial score (nSPS) is 14.5. The molecule has 0 aliphatic heterocycles. The second-order valence-corrected chi connectivity index (χ2v) is 4.18. The molecule has 0 aliphatic carbocycles. The van der Waals surface area contributed by atoms with Crippen molar-refractivity contribution in [1.82, 2.24) is 5.32 Å². The highest BCUT2D eigenvalue weighted by molar-refractivity contribution is 5.85. The van der Waals surface area contributed by atoms with Crippen LogP contribution in [0.15, 0.2) is 30.3 Å². The van der Waals surface area contributed by atoms with E-state index >= 15 is 0 Å². The molecule has 0 saturated carbocycles. The van der Waals surface area contributed by atoms with Crippen LogP contribution in [0, 0.1) is 0 Å². The van der Waals surface area contributed by atoms with Crippen LogP contribution >= 0.6 is 12.4 Å². The zero-order valence-electron chi connectivity index (χ0n) is 9.53. The Morgan fingerprint density at radius 2 is 1.80 bits per heavy atom. The average Bonchev–Trinajstić information content (AvgIpc) is 2.16. The van der Waals surface area contributed by atoms with Gasteiger partial charge >= 0.3 is 0 Å². The highest BCUT2D eigenvalue weighted by Crippen LogP contribution is 2.18. The number of aliphatic hydroxyl groups is 1. The summed E-state index contributed by atoms with van der Waals surface area (Å²) < 4.78 is 0. The summed E-state index contributed by atoms with van der Waals surface area (Å²) in [5.41, 5.74) is 0.166. The minimum absolute atomic E-state index is 0. The van der Waals surface area contributed by atoms with Crippen LogP contribution in [-0.4, -0.2) is 17.7 Å². The zero-order valence-corrected chi connectivity index (χ0v) is 10.3. The second-order valence-electron chi connectivity index (χ2n) is 4.18. The van der Waals surface area contributed by atoms with E-state index in [2.05, 4.69) is 19.2 Å². The third-order valence-corrected chi connectivity index (χ3v) is 2.25. The SMILES string of the molecule is CC(C)NC[C@@](C)(O)c1ccccc1.Cl. The summed E-state index contributed by atoms with van der Waals surface area (Å²) in [6.07, 6.45) is 0. The molecule has 1 aromatic carbocycles.